The molecule has 2 aliphatic heterocycles. The average molecular weight is 327 g/mol. The summed E-state index contributed by atoms with van der Waals surface area (Å²) in [5, 5.41) is 0. The van der Waals surface area contributed by atoms with E-state index < -0.39 is 5.54 Å². The Morgan fingerprint density at radius 2 is 1.67 bits per heavy atom. The van der Waals surface area contributed by atoms with Gasteiger partial charge in [0, 0.05) is 37.4 Å². The van der Waals surface area contributed by atoms with Crippen molar-refractivity contribution in [2.75, 3.05) is 38.1 Å². The number of aliphatic imine (C=N–C) groups is 1. The third-order valence-corrected chi connectivity index (χ3v) is 5.55. The van der Waals surface area contributed by atoms with Crippen LogP contribution in [0.1, 0.15) is 37.7 Å². The Bertz CT molecular complexity index is 639. The molecule has 3 aliphatic rings. The zero-order valence-corrected chi connectivity index (χ0v) is 14.3. The highest BCUT2D eigenvalue weighted by Gasteiger charge is 2.46. The molecule has 0 atom stereocenters. The second-order valence-electron chi connectivity index (χ2n) is 7.24. The second kappa shape index (κ2) is 6.20. The molecule has 1 saturated heterocycles. The lowest BCUT2D eigenvalue weighted by Crippen LogP contribution is -2.44. The van der Waals surface area contributed by atoms with Crippen LogP contribution in [-0.4, -0.2) is 55.5 Å². The average Bonchev–Trinajstić information content (AvgIpc) is 2.93. The van der Waals surface area contributed by atoms with E-state index in [1.807, 2.05) is 12.1 Å². The number of piperazine rings is 1. The van der Waals surface area contributed by atoms with E-state index in [0.29, 0.717) is 5.90 Å². The van der Waals surface area contributed by atoms with Gasteiger partial charge in [-0.1, -0.05) is 19.3 Å². The summed E-state index contributed by atoms with van der Waals surface area (Å²) >= 11 is 0. The Balaban J connectivity index is 1.51. The fourth-order valence-corrected chi connectivity index (χ4v) is 3.90. The molecule has 0 amide bonds. The molecule has 1 spiro atoms. The number of carbonyl (C=O) groups is 1. The lowest BCUT2D eigenvalue weighted by atomic mass is 9.83. The molecule has 0 unspecified atom stereocenters. The van der Waals surface area contributed by atoms with Crippen LogP contribution in [0.25, 0.3) is 0 Å². The Morgan fingerprint density at radius 1 is 1.00 bits per heavy atom. The van der Waals surface area contributed by atoms with Crippen molar-refractivity contribution in [3.05, 3.63) is 29.8 Å². The molecule has 0 aromatic heterocycles. The van der Waals surface area contributed by atoms with Crippen molar-refractivity contribution in [2.24, 2.45) is 4.99 Å². The summed E-state index contributed by atoms with van der Waals surface area (Å²) in [6.45, 7) is 4.28. The first-order valence-electron chi connectivity index (χ1n) is 9.02. The van der Waals surface area contributed by atoms with E-state index in [-0.39, 0.29) is 5.97 Å². The van der Waals surface area contributed by atoms with Crippen molar-refractivity contribution in [1.29, 1.82) is 0 Å². The molecule has 2 fully saturated rings. The van der Waals surface area contributed by atoms with Crippen LogP contribution >= 0.6 is 0 Å². The number of carbonyl (C=O) groups excluding carboxylic acids is 1. The summed E-state index contributed by atoms with van der Waals surface area (Å²) in [6, 6.07) is 8.29. The van der Waals surface area contributed by atoms with Crippen molar-refractivity contribution < 1.29 is 9.53 Å². The van der Waals surface area contributed by atoms with E-state index >= 15 is 0 Å². The number of hydrogen-bond acceptors (Lipinski definition) is 5. The van der Waals surface area contributed by atoms with E-state index in [2.05, 4.69) is 29.0 Å². The Kier molecular flexibility index (Phi) is 4.04. The number of cyclic esters (lactones) is 1. The number of rotatable bonds is 2. The molecule has 0 bridgehead atoms. The highest BCUT2D eigenvalue weighted by Crippen LogP contribution is 2.37. The molecule has 2 heterocycles. The zero-order valence-electron chi connectivity index (χ0n) is 14.3. The van der Waals surface area contributed by atoms with Crippen LogP contribution in [0.5, 0.6) is 0 Å². The highest BCUT2D eigenvalue weighted by molar-refractivity contribution is 6.08. The normalized spacial score (nSPS) is 24.1. The van der Waals surface area contributed by atoms with Crippen LogP contribution in [0.2, 0.25) is 0 Å². The van der Waals surface area contributed by atoms with E-state index in [9.17, 15) is 4.79 Å². The number of likely N-dealkylation sites (N-methyl/N-ethyl adjacent to an activating group) is 1. The molecule has 1 aromatic rings. The summed E-state index contributed by atoms with van der Waals surface area (Å²) in [5.41, 5.74) is 1.54. The fourth-order valence-electron chi connectivity index (χ4n) is 3.90. The van der Waals surface area contributed by atoms with Gasteiger partial charge in [0.1, 0.15) is 0 Å². The van der Waals surface area contributed by atoms with E-state index in [4.69, 9.17) is 9.73 Å². The maximum atomic E-state index is 12.3. The van der Waals surface area contributed by atoms with Gasteiger partial charge in [-0.05, 0) is 44.2 Å². The quantitative estimate of drug-likeness (QED) is 0.783. The topological polar surface area (TPSA) is 45.1 Å². The van der Waals surface area contributed by atoms with Crippen LogP contribution in [-0.2, 0) is 9.53 Å². The van der Waals surface area contributed by atoms with Gasteiger partial charge in [-0.2, -0.15) is 0 Å². The first-order valence-corrected chi connectivity index (χ1v) is 9.02. The summed E-state index contributed by atoms with van der Waals surface area (Å²) in [7, 11) is 2.16. The minimum absolute atomic E-state index is 0.152. The van der Waals surface area contributed by atoms with Gasteiger partial charge in [0.2, 0.25) is 5.90 Å². The lowest BCUT2D eigenvalue weighted by molar-refractivity contribution is -0.140. The molecule has 4 rings (SSSR count). The molecule has 128 valence electrons. The zero-order chi connectivity index (χ0) is 16.6. The van der Waals surface area contributed by atoms with Crippen molar-refractivity contribution in [3.63, 3.8) is 0 Å². The maximum Gasteiger partial charge on any atom is 0.340 e. The first kappa shape index (κ1) is 15.6. The van der Waals surface area contributed by atoms with Gasteiger partial charge in [-0.15, -0.1) is 0 Å². The monoisotopic (exact) mass is 327 g/mol. The molecule has 24 heavy (non-hydrogen) atoms. The van der Waals surface area contributed by atoms with Crippen LogP contribution in [0.4, 0.5) is 5.69 Å². The molecular weight excluding hydrogens is 302 g/mol. The summed E-state index contributed by atoms with van der Waals surface area (Å²) < 4.78 is 5.53. The largest absolute Gasteiger partial charge is 0.405 e. The molecule has 5 heteroatoms. The fraction of sp³-hybridized carbons (Fsp3) is 0.579. The van der Waals surface area contributed by atoms with E-state index in [1.54, 1.807) is 0 Å². The summed E-state index contributed by atoms with van der Waals surface area (Å²) in [5.74, 6) is 0.354. The lowest BCUT2D eigenvalue weighted by Gasteiger charge is -2.34. The molecular formula is C19H25N3O2. The number of benzene rings is 1. The van der Waals surface area contributed by atoms with Crippen molar-refractivity contribution in [2.45, 2.75) is 37.6 Å². The molecule has 1 aromatic carbocycles. The Morgan fingerprint density at radius 3 is 2.33 bits per heavy atom. The van der Waals surface area contributed by atoms with Crippen LogP contribution in [0.15, 0.2) is 29.3 Å². The number of ether oxygens (including phenoxy) is 1. The summed E-state index contributed by atoms with van der Waals surface area (Å²) in [4.78, 5) is 21.8. The minimum Gasteiger partial charge on any atom is -0.405 e. The third kappa shape index (κ3) is 2.81. The summed E-state index contributed by atoms with van der Waals surface area (Å²) in [6.07, 6.45) is 4.98. The number of esters is 1. The SMILES string of the molecule is CN1CCN(c2ccc(C3=NC4(CCCCC4)C(=O)O3)cc2)CC1. The van der Waals surface area contributed by atoms with Gasteiger partial charge < -0.3 is 14.5 Å². The third-order valence-electron chi connectivity index (χ3n) is 5.55. The van der Waals surface area contributed by atoms with E-state index in [1.165, 1.54) is 12.1 Å². The van der Waals surface area contributed by atoms with E-state index in [0.717, 1.165) is 57.4 Å². The molecule has 5 nitrogen and oxygen atoms in total. The molecule has 0 N–H and O–H groups in total. The minimum atomic E-state index is -0.594. The maximum absolute atomic E-state index is 12.3. The predicted octanol–water partition coefficient (Wildman–Crippen LogP) is 2.44. The molecule has 0 radical (unpaired) electrons. The van der Waals surface area contributed by atoms with Crippen LogP contribution in [0, 0.1) is 0 Å². The number of hydrogen-bond donors (Lipinski definition) is 0. The second-order valence-corrected chi connectivity index (χ2v) is 7.24. The Labute approximate surface area is 143 Å². The first-order chi connectivity index (χ1) is 11.7. The number of nitrogens with zero attached hydrogens (tertiary/aromatic N) is 3. The van der Waals surface area contributed by atoms with Crippen molar-refractivity contribution in [3.8, 4) is 0 Å². The Hall–Kier alpha value is -1.88. The molecule has 1 aliphatic carbocycles. The number of anilines is 1. The highest BCUT2D eigenvalue weighted by atomic mass is 16.6. The smallest absolute Gasteiger partial charge is 0.340 e. The van der Waals surface area contributed by atoms with Gasteiger partial charge in [0.05, 0.1) is 0 Å². The predicted molar refractivity (Wildman–Crippen MR) is 94.6 cm³/mol. The van der Waals surface area contributed by atoms with Gasteiger partial charge in [-0.25, -0.2) is 9.79 Å². The van der Waals surface area contributed by atoms with Crippen molar-refractivity contribution >= 4 is 17.6 Å². The van der Waals surface area contributed by atoms with Crippen LogP contribution < -0.4 is 4.90 Å². The van der Waals surface area contributed by atoms with Gasteiger partial charge >= 0.3 is 5.97 Å². The molecule has 1 saturated carbocycles. The van der Waals surface area contributed by atoms with Crippen molar-refractivity contribution in [1.82, 2.24) is 4.90 Å². The standard InChI is InChI=1S/C19H25N3O2/c1-21-11-13-22(14-12-21)16-7-5-15(6-8-16)17-20-19(18(23)24-17)9-3-2-4-10-19/h5-8H,2-4,9-14H2,1H3. The van der Waals surface area contributed by atoms with Gasteiger partial charge in [0.15, 0.2) is 5.54 Å². The van der Waals surface area contributed by atoms with Gasteiger partial charge in [-0.3, -0.25) is 0 Å². The van der Waals surface area contributed by atoms with Gasteiger partial charge in [0.25, 0.3) is 0 Å². The van der Waals surface area contributed by atoms with Crippen LogP contribution in [0.3, 0.4) is 0 Å².